The van der Waals surface area contributed by atoms with Gasteiger partial charge in [0.25, 0.3) is 0 Å². The number of nitrogens with one attached hydrogen (secondary N) is 1. The number of carbonyl (C=O) groups excluding carboxylic acids is 3. The summed E-state index contributed by atoms with van der Waals surface area (Å²) in [7, 11) is 0. The molecule has 3 rings (SSSR count). The lowest BCUT2D eigenvalue weighted by Crippen LogP contribution is -2.57. The zero-order valence-electron chi connectivity index (χ0n) is 22.2. The van der Waals surface area contributed by atoms with E-state index in [1.54, 1.807) is 4.90 Å². The van der Waals surface area contributed by atoms with E-state index >= 15 is 0 Å². The van der Waals surface area contributed by atoms with Crippen LogP contribution in [0, 0.1) is 17.8 Å². The number of rotatable bonds is 12. The summed E-state index contributed by atoms with van der Waals surface area (Å²) in [6.45, 7) is 9.80. The third-order valence-corrected chi connectivity index (χ3v) is 7.28. The van der Waals surface area contributed by atoms with Crippen molar-refractivity contribution < 1.29 is 14.4 Å². The smallest absolute Gasteiger partial charge is 0.243 e. The largest absolute Gasteiger partial charge is 0.354 e. The second-order valence-corrected chi connectivity index (χ2v) is 10.6. The van der Waals surface area contributed by atoms with Crippen molar-refractivity contribution in [2.45, 2.75) is 65.6 Å². The fraction of sp³-hybridized carbons (Fsp3) is 0.552. The highest BCUT2D eigenvalue weighted by atomic mass is 16.2. The molecule has 2 aromatic carbocycles. The maximum absolute atomic E-state index is 13.6. The van der Waals surface area contributed by atoms with Crippen LogP contribution in [0.4, 0.5) is 0 Å². The van der Waals surface area contributed by atoms with Gasteiger partial charge in [-0.2, -0.15) is 0 Å². The Balaban J connectivity index is 1.91. The molecule has 36 heavy (non-hydrogen) atoms. The van der Waals surface area contributed by atoms with Gasteiger partial charge in [0.2, 0.25) is 18.2 Å². The topological polar surface area (TPSA) is 95.7 Å². The molecule has 0 radical (unpaired) electrons. The second-order valence-electron chi connectivity index (χ2n) is 10.6. The van der Waals surface area contributed by atoms with E-state index < -0.39 is 12.2 Å². The third kappa shape index (κ3) is 6.44. The average Bonchev–Trinajstić information content (AvgIpc) is 3.33. The molecular formula is C29H42N4O3. The van der Waals surface area contributed by atoms with Crippen LogP contribution in [-0.4, -0.2) is 59.9 Å². The molecule has 7 heteroatoms. The highest BCUT2D eigenvalue weighted by Gasteiger charge is 2.41. The van der Waals surface area contributed by atoms with Gasteiger partial charge in [-0.3, -0.25) is 14.4 Å². The van der Waals surface area contributed by atoms with Crippen molar-refractivity contribution in [1.82, 2.24) is 15.1 Å². The van der Waals surface area contributed by atoms with Gasteiger partial charge in [-0.15, -0.1) is 0 Å². The van der Waals surface area contributed by atoms with Gasteiger partial charge in [-0.1, -0.05) is 70.2 Å². The van der Waals surface area contributed by atoms with Crippen LogP contribution in [0.1, 0.15) is 52.5 Å². The predicted molar refractivity (Wildman–Crippen MR) is 144 cm³/mol. The summed E-state index contributed by atoms with van der Waals surface area (Å²) < 4.78 is 0. The van der Waals surface area contributed by atoms with Crippen LogP contribution in [0.25, 0.3) is 10.8 Å². The Kier molecular flexibility index (Phi) is 9.88. The Morgan fingerprint density at radius 3 is 2.44 bits per heavy atom. The molecule has 3 amide bonds. The van der Waals surface area contributed by atoms with Crippen LogP contribution in [0.3, 0.4) is 0 Å². The Morgan fingerprint density at radius 2 is 1.81 bits per heavy atom. The van der Waals surface area contributed by atoms with E-state index in [1.165, 1.54) is 0 Å². The fourth-order valence-corrected chi connectivity index (χ4v) is 5.55. The van der Waals surface area contributed by atoms with Gasteiger partial charge in [0, 0.05) is 25.4 Å². The fourth-order valence-electron chi connectivity index (χ4n) is 5.55. The number of benzene rings is 2. The number of amides is 3. The van der Waals surface area contributed by atoms with Crippen molar-refractivity contribution >= 4 is 29.0 Å². The summed E-state index contributed by atoms with van der Waals surface area (Å²) in [6.07, 6.45) is 2.83. The van der Waals surface area contributed by atoms with Crippen LogP contribution in [-0.2, 0) is 20.8 Å². The maximum Gasteiger partial charge on any atom is 0.243 e. The zero-order valence-corrected chi connectivity index (χ0v) is 22.2. The van der Waals surface area contributed by atoms with Crippen molar-refractivity contribution in [3.8, 4) is 0 Å². The molecule has 1 aliphatic rings. The number of carbonyl (C=O) groups is 3. The summed E-state index contributed by atoms with van der Waals surface area (Å²) in [5.41, 5.74) is 6.59. The lowest BCUT2D eigenvalue weighted by atomic mass is 9.84. The van der Waals surface area contributed by atoms with Crippen LogP contribution in [0.15, 0.2) is 42.5 Å². The monoisotopic (exact) mass is 494 g/mol. The minimum atomic E-state index is -0.726. The SMILES string of the molecule is CC(C)C(C(=O)N1CCCC1N(C=O)[C@H](Cc1ccc2ccccc2c1)C(=O)NCCCN)C(C)C. The molecule has 1 heterocycles. The molecule has 1 unspecified atom stereocenters. The molecule has 1 saturated heterocycles. The molecule has 1 fully saturated rings. The number of hydrogen-bond acceptors (Lipinski definition) is 4. The van der Waals surface area contributed by atoms with Gasteiger partial charge in [-0.25, -0.2) is 0 Å². The molecule has 0 spiro atoms. The maximum atomic E-state index is 13.6. The number of fused-ring (bicyclic) bond motifs is 1. The number of nitrogens with zero attached hydrogens (tertiary/aromatic N) is 2. The summed E-state index contributed by atoms with van der Waals surface area (Å²) in [5.74, 6) is 0.110. The summed E-state index contributed by atoms with van der Waals surface area (Å²) in [6, 6.07) is 13.5. The Morgan fingerprint density at radius 1 is 1.11 bits per heavy atom. The van der Waals surface area contributed by atoms with Gasteiger partial charge in [0.15, 0.2) is 0 Å². The van der Waals surface area contributed by atoms with Gasteiger partial charge in [-0.05, 0) is 54.0 Å². The van der Waals surface area contributed by atoms with Gasteiger partial charge < -0.3 is 20.9 Å². The molecular weight excluding hydrogens is 452 g/mol. The number of likely N-dealkylation sites (tertiary alicyclic amines) is 1. The van der Waals surface area contributed by atoms with Crippen LogP contribution < -0.4 is 11.1 Å². The first-order valence-electron chi connectivity index (χ1n) is 13.3. The van der Waals surface area contributed by atoms with E-state index in [1.807, 2.05) is 35.2 Å². The molecule has 1 aliphatic heterocycles. The molecule has 3 N–H and O–H groups in total. The molecule has 2 aromatic rings. The number of nitrogens with two attached hydrogens (primary N) is 1. The van der Waals surface area contributed by atoms with Crippen LogP contribution >= 0.6 is 0 Å². The van der Waals surface area contributed by atoms with Crippen molar-refractivity contribution in [2.75, 3.05) is 19.6 Å². The number of hydrogen-bond donors (Lipinski definition) is 2. The Hall–Kier alpha value is -2.93. The first kappa shape index (κ1) is 27.7. The van der Waals surface area contributed by atoms with E-state index in [0.29, 0.717) is 38.9 Å². The molecule has 0 bridgehead atoms. The first-order valence-corrected chi connectivity index (χ1v) is 13.3. The zero-order chi connectivity index (χ0) is 26.2. The summed E-state index contributed by atoms with van der Waals surface area (Å²) in [5, 5.41) is 5.17. The van der Waals surface area contributed by atoms with Crippen LogP contribution in [0.2, 0.25) is 0 Å². The van der Waals surface area contributed by atoms with Crippen molar-refractivity contribution in [2.24, 2.45) is 23.5 Å². The normalized spacial score (nSPS) is 16.7. The average molecular weight is 495 g/mol. The van der Waals surface area contributed by atoms with E-state index in [2.05, 4.69) is 45.1 Å². The lowest BCUT2D eigenvalue weighted by Gasteiger charge is -2.39. The highest BCUT2D eigenvalue weighted by Crippen LogP contribution is 2.30. The molecule has 7 nitrogen and oxygen atoms in total. The molecule has 0 aromatic heterocycles. The Labute approximate surface area is 215 Å². The minimum Gasteiger partial charge on any atom is -0.354 e. The lowest BCUT2D eigenvalue weighted by molar-refractivity contribution is -0.149. The van der Waals surface area contributed by atoms with E-state index in [-0.39, 0.29) is 29.6 Å². The van der Waals surface area contributed by atoms with E-state index in [9.17, 15) is 14.4 Å². The molecule has 2 atom stereocenters. The van der Waals surface area contributed by atoms with Gasteiger partial charge >= 0.3 is 0 Å². The van der Waals surface area contributed by atoms with E-state index in [0.717, 1.165) is 29.2 Å². The Bertz CT molecular complexity index is 1030. The molecule has 0 saturated carbocycles. The van der Waals surface area contributed by atoms with Crippen LogP contribution in [0.5, 0.6) is 0 Å². The standard InChI is InChI=1S/C29H42N4O3/c1-20(2)27(21(3)4)29(36)32-16-7-11-26(32)33(19-34)25(28(35)31-15-8-14-30)18-22-12-13-23-9-5-6-10-24(23)17-22/h5-6,9-10,12-13,17,19-21,25-27H,7-8,11,14-16,18,30H2,1-4H3,(H,31,35)/t25-,26?/m1/s1. The third-order valence-electron chi connectivity index (χ3n) is 7.28. The quantitative estimate of drug-likeness (QED) is 0.348. The summed E-state index contributed by atoms with van der Waals surface area (Å²) in [4.78, 5) is 43.0. The predicted octanol–water partition coefficient (Wildman–Crippen LogP) is 3.55. The summed E-state index contributed by atoms with van der Waals surface area (Å²) >= 11 is 0. The van der Waals surface area contributed by atoms with Gasteiger partial charge in [0.1, 0.15) is 12.2 Å². The van der Waals surface area contributed by atoms with Crippen molar-refractivity contribution in [3.63, 3.8) is 0 Å². The first-order chi connectivity index (χ1) is 17.3. The van der Waals surface area contributed by atoms with Crippen molar-refractivity contribution in [3.05, 3.63) is 48.0 Å². The minimum absolute atomic E-state index is 0.0716. The molecule has 0 aliphatic carbocycles. The molecule has 196 valence electrons. The van der Waals surface area contributed by atoms with Gasteiger partial charge in [0.05, 0.1) is 0 Å². The van der Waals surface area contributed by atoms with E-state index in [4.69, 9.17) is 5.73 Å². The highest BCUT2D eigenvalue weighted by molar-refractivity contribution is 5.86. The second kappa shape index (κ2) is 12.9. The van der Waals surface area contributed by atoms with Crippen molar-refractivity contribution in [1.29, 1.82) is 0 Å².